The van der Waals surface area contributed by atoms with Gasteiger partial charge in [0, 0.05) is 56.0 Å². The molecule has 0 atom stereocenters. The molecule has 0 spiro atoms. The summed E-state index contributed by atoms with van der Waals surface area (Å²) in [5.41, 5.74) is 4.85. The molecule has 0 saturated carbocycles. The first kappa shape index (κ1) is 19.6. The Kier molecular flexibility index (Phi) is 5.62. The fourth-order valence-electron chi connectivity index (χ4n) is 3.91. The maximum atomic E-state index is 3.78. The first-order valence-electron chi connectivity index (χ1n) is 10.7. The molecule has 0 amide bonds. The Morgan fingerprint density at radius 2 is 0.656 bits per heavy atom. The predicted octanol–water partition coefficient (Wildman–Crippen LogP) is 7.72. The Hall–Kier alpha value is -4.37. The Labute approximate surface area is 186 Å². The van der Waals surface area contributed by atoms with Gasteiger partial charge in [-0.25, -0.2) is 0 Å². The zero-order chi connectivity index (χ0) is 21.6. The lowest BCUT2D eigenvalue weighted by Gasteiger charge is -1.87. The van der Waals surface area contributed by atoms with E-state index in [0.717, 1.165) is 0 Å². The molecule has 0 unspecified atom stereocenters. The quantitative estimate of drug-likeness (QED) is 0.262. The molecule has 0 fully saturated rings. The molecule has 7 rings (SSSR count). The fraction of sp³-hybridized carbons (Fsp3) is 0. The second-order valence-electron chi connectivity index (χ2n) is 7.46. The number of pyridine rings is 1. The maximum absolute atomic E-state index is 3.78. The average Bonchev–Trinajstić information content (AvgIpc) is 3.44. The number of aromatic amines is 2. The van der Waals surface area contributed by atoms with Gasteiger partial charge in [0.05, 0.1) is 0 Å². The summed E-state index contributed by atoms with van der Waals surface area (Å²) < 4.78 is 0. The van der Waals surface area contributed by atoms with Crippen molar-refractivity contribution in [3.05, 3.63) is 128 Å². The van der Waals surface area contributed by atoms with Crippen LogP contribution < -0.4 is 0 Å². The van der Waals surface area contributed by atoms with Crippen molar-refractivity contribution < 1.29 is 0 Å². The van der Waals surface area contributed by atoms with Crippen molar-refractivity contribution in [2.45, 2.75) is 0 Å². The van der Waals surface area contributed by atoms with Gasteiger partial charge < -0.3 is 9.97 Å². The molecule has 0 radical (unpaired) electrons. The van der Waals surface area contributed by atoms with Gasteiger partial charge in [-0.15, -0.1) is 0 Å². The van der Waals surface area contributed by atoms with Crippen LogP contribution in [0.1, 0.15) is 0 Å². The molecule has 3 nitrogen and oxygen atoms in total. The lowest BCUT2D eigenvalue weighted by Crippen LogP contribution is -1.62. The van der Waals surface area contributed by atoms with Gasteiger partial charge in [0.25, 0.3) is 0 Å². The minimum atomic E-state index is 1.21. The van der Waals surface area contributed by atoms with Crippen LogP contribution in [0.15, 0.2) is 128 Å². The second kappa shape index (κ2) is 9.19. The van der Waals surface area contributed by atoms with Crippen LogP contribution in [0.2, 0.25) is 0 Å². The summed E-state index contributed by atoms with van der Waals surface area (Å²) >= 11 is 0. The standard InChI is InChI=1S/2C12H9N.C5H5N/c2*1-3-7-11-9(5-1)10-6-2-4-8-12(10)13-11;1-2-4-6-5-3-1/h2*1-8,13H;1-5H. The third-order valence-electron chi connectivity index (χ3n) is 5.39. The highest BCUT2D eigenvalue weighted by molar-refractivity contribution is 6.07. The third kappa shape index (κ3) is 4.09. The number of fused-ring (bicyclic) bond motifs is 6. The summed E-state index contributed by atoms with van der Waals surface area (Å²) in [6.45, 7) is 0. The van der Waals surface area contributed by atoms with Crippen LogP contribution in [0.4, 0.5) is 0 Å². The van der Waals surface area contributed by atoms with Crippen LogP contribution in [0.5, 0.6) is 0 Å². The Morgan fingerprint density at radius 3 is 0.906 bits per heavy atom. The van der Waals surface area contributed by atoms with E-state index in [-0.39, 0.29) is 0 Å². The summed E-state index contributed by atoms with van der Waals surface area (Å²) in [6, 6.07) is 39.2. The molecule has 154 valence electrons. The monoisotopic (exact) mass is 413 g/mol. The molecule has 2 N–H and O–H groups in total. The fourth-order valence-corrected chi connectivity index (χ4v) is 3.91. The van der Waals surface area contributed by atoms with E-state index >= 15 is 0 Å². The average molecular weight is 414 g/mol. The van der Waals surface area contributed by atoms with E-state index in [2.05, 4.69) is 112 Å². The van der Waals surface area contributed by atoms with Crippen molar-refractivity contribution >= 4 is 43.6 Å². The van der Waals surface area contributed by atoms with Crippen molar-refractivity contribution in [3.63, 3.8) is 0 Å². The van der Waals surface area contributed by atoms with Crippen molar-refractivity contribution in [1.29, 1.82) is 0 Å². The molecular weight excluding hydrogens is 390 g/mol. The molecule has 3 heterocycles. The van der Waals surface area contributed by atoms with Crippen LogP contribution in [-0.4, -0.2) is 15.0 Å². The van der Waals surface area contributed by atoms with Crippen LogP contribution in [0.25, 0.3) is 43.6 Å². The number of rotatable bonds is 0. The van der Waals surface area contributed by atoms with Gasteiger partial charge in [-0.2, -0.15) is 0 Å². The maximum Gasteiger partial charge on any atom is 0.0464 e. The van der Waals surface area contributed by atoms with Crippen molar-refractivity contribution in [1.82, 2.24) is 15.0 Å². The number of nitrogens with zero attached hydrogens (tertiary/aromatic N) is 1. The minimum absolute atomic E-state index is 1.21. The number of hydrogen-bond acceptors (Lipinski definition) is 1. The summed E-state index contributed by atoms with van der Waals surface area (Å²) in [5, 5.41) is 5.22. The van der Waals surface area contributed by atoms with Gasteiger partial charge in [0.2, 0.25) is 0 Å². The van der Waals surface area contributed by atoms with Gasteiger partial charge >= 0.3 is 0 Å². The summed E-state index contributed by atoms with van der Waals surface area (Å²) in [5.74, 6) is 0. The smallest absolute Gasteiger partial charge is 0.0464 e. The Morgan fingerprint density at radius 1 is 0.344 bits per heavy atom. The number of benzene rings is 4. The molecule has 0 aliphatic carbocycles. The zero-order valence-corrected chi connectivity index (χ0v) is 17.6. The normalized spacial score (nSPS) is 10.5. The number of aromatic nitrogens is 3. The summed E-state index contributed by atoms with van der Waals surface area (Å²) in [4.78, 5) is 10.5. The molecule has 0 aliphatic rings. The van der Waals surface area contributed by atoms with Crippen molar-refractivity contribution in [2.24, 2.45) is 0 Å². The van der Waals surface area contributed by atoms with Crippen LogP contribution in [-0.2, 0) is 0 Å². The molecule has 32 heavy (non-hydrogen) atoms. The molecule has 3 heteroatoms. The highest BCUT2D eigenvalue weighted by atomic mass is 14.7. The highest BCUT2D eigenvalue weighted by Gasteiger charge is 2.01. The number of hydrogen-bond donors (Lipinski definition) is 2. The third-order valence-corrected chi connectivity index (χ3v) is 5.39. The number of nitrogens with one attached hydrogen (secondary N) is 2. The van der Waals surface area contributed by atoms with E-state index in [4.69, 9.17) is 0 Å². The highest BCUT2D eigenvalue weighted by Crippen LogP contribution is 2.25. The number of H-pyrrole nitrogens is 2. The Balaban J connectivity index is 0.000000109. The van der Waals surface area contributed by atoms with Crippen LogP contribution >= 0.6 is 0 Å². The van der Waals surface area contributed by atoms with E-state index < -0.39 is 0 Å². The Bertz CT molecular complexity index is 1340. The molecule has 0 aliphatic heterocycles. The lowest BCUT2D eigenvalue weighted by atomic mass is 10.2. The number of para-hydroxylation sites is 4. The minimum Gasteiger partial charge on any atom is -0.355 e. The first-order valence-corrected chi connectivity index (χ1v) is 10.7. The zero-order valence-electron chi connectivity index (χ0n) is 17.6. The van der Waals surface area contributed by atoms with Crippen LogP contribution in [0.3, 0.4) is 0 Å². The SMILES string of the molecule is c1ccc2c(c1)[nH]c1ccccc12.c1ccc2c(c1)[nH]c1ccccc12.c1ccncc1. The van der Waals surface area contributed by atoms with Gasteiger partial charge in [0.15, 0.2) is 0 Å². The van der Waals surface area contributed by atoms with Gasteiger partial charge in [-0.3, -0.25) is 4.98 Å². The van der Waals surface area contributed by atoms with Crippen molar-refractivity contribution in [3.8, 4) is 0 Å². The predicted molar refractivity (Wildman–Crippen MR) is 136 cm³/mol. The summed E-state index contributed by atoms with van der Waals surface area (Å²) in [6.07, 6.45) is 3.50. The van der Waals surface area contributed by atoms with E-state index in [1.54, 1.807) is 12.4 Å². The topological polar surface area (TPSA) is 44.5 Å². The van der Waals surface area contributed by atoms with Crippen LogP contribution in [0, 0.1) is 0 Å². The van der Waals surface area contributed by atoms with E-state index in [0.29, 0.717) is 0 Å². The van der Waals surface area contributed by atoms with E-state index in [1.165, 1.54) is 43.6 Å². The largest absolute Gasteiger partial charge is 0.355 e. The molecular formula is C29H23N3. The first-order chi connectivity index (χ1) is 15.9. The molecule has 4 aromatic carbocycles. The van der Waals surface area contributed by atoms with Gasteiger partial charge in [-0.1, -0.05) is 78.9 Å². The molecule has 0 bridgehead atoms. The summed E-state index contributed by atoms with van der Waals surface area (Å²) in [7, 11) is 0. The lowest BCUT2D eigenvalue weighted by molar-refractivity contribution is 1.33. The van der Waals surface area contributed by atoms with Gasteiger partial charge in [0.1, 0.15) is 0 Å². The molecule has 0 saturated heterocycles. The van der Waals surface area contributed by atoms with E-state index in [1.807, 2.05) is 18.2 Å². The molecule has 7 aromatic rings. The van der Waals surface area contributed by atoms with Crippen molar-refractivity contribution in [2.75, 3.05) is 0 Å². The van der Waals surface area contributed by atoms with E-state index in [9.17, 15) is 0 Å². The molecule has 3 aromatic heterocycles. The second-order valence-corrected chi connectivity index (χ2v) is 7.46. The van der Waals surface area contributed by atoms with Gasteiger partial charge in [-0.05, 0) is 36.4 Å².